The molecule has 0 spiro atoms. The lowest BCUT2D eigenvalue weighted by Gasteiger charge is -2.30. The van der Waals surface area contributed by atoms with E-state index < -0.39 is 0 Å². The van der Waals surface area contributed by atoms with E-state index in [2.05, 4.69) is 10.8 Å². The minimum Gasteiger partial charge on any atom is -0.300 e. The highest BCUT2D eigenvalue weighted by atomic mass is 16.1. The lowest BCUT2D eigenvalue weighted by Crippen LogP contribution is -2.41. The van der Waals surface area contributed by atoms with Crippen LogP contribution in [0.25, 0.3) is 0 Å². The number of terminal acetylenes is 1. The van der Waals surface area contributed by atoms with Gasteiger partial charge < -0.3 is 0 Å². The lowest BCUT2D eigenvalue weighted by molar-refractivity contribution is -0.120. The highest BCUT2D eigenvalue weighted by molar-refractivity contribution is 5.78. The zero-order valence-electron chi connectivity index (χ0n) is 8.63. The van der Waals surface area contributed by atoms with E-state index in [0.29, 0.717) is 0 Å². The Bertz CT molecular complexity index is 249. The van der Waals surface area contributed by atoms with Gasteiger partial charge in [0.25, 0.3) is 0 Å². The van der Waals surface area contributed by atoms with Crippen LogP contribution in [0, 0.1) is 18.3 Å². The molecule has 1 saturated heterocycles. The molecule has 1 heterocycles. The molecular weight excluding hydrogens is 162 g/mol. The van der Waals surface area contributed by atoms with Crippen molar-refractivity contribution in [3.8, 4) is 12.3 Å². The van der Waals surface area contributed by atoms with Crippen LogP contribution in [0.3, 0.4) is 0 Å². The first-order chi connectivity index (χ1) is 5.97. The standard InChI is InChI=1S/C11H17NO/c1-5-11(3,4)12-7-6-10(8-12)9(2)13/h1,10H,6-8H2,2-4H3. The Labute approximate surface area is 80.3 Å². The first-order valence-corrected chi connectivity index (χ1v) is 4.70. The minimum atomic E-state index is -0.204. The quantitative estimate of drug-likeness (QED) is 0.596. The molecule has 0 aromatic heterocycles. The summed E-state index contributed by atoms with van der Waals surface area (Å²) in [4.78, 5) is 13.3. The number of likely N-dealkylation sites (tertiary alicyclic amines) is 1. The monoisotopic (exact) mass is 179 g/mol. The zero-order valence-corrected chi connectivity index (χ0v) is 8.63. The topological polar surface area (TPSA) is 20.3 Å². The normalized spacial score (nSPS) is 24.3. The number of Topliss-reactive ketones (excluding diaryl/α,β-unsaturated/α-hetero) is 1. The molecule has 1 rings (SSSR count). The summed E-state index contributed by atoms with van der Waals surface area (Å²) in [5.41, 5.74) is -0.204. The van der Waals surface area contributed by atoms with E-state index >= 15 is 0 Å². The van der Waals surface area contributed by atoms with Crippen LogP contribution in [0.15, 0.2) is 0 Å². The van der Waals surface area contributed by atoms with Crippen molar-refractivity contribution in [1.29, 1.82) is 0 Å². The van der Waals surface area contributed by atoms with Crippen molar-refractivity contribution >= 4 is 5.78 Å². The van der Waals surface area contributed by atoms with E-state index in [9.17, 15) is 4.79 Å². The van der Waals surface area contributed by atoms with Gasteiger partial charge in [0.1, 0.15) is 5.78 Å². The lowest BCUT2D eigenvalue weighted by atomic mass is 10.0. The van der Waals surface area contributed by atoms with Crippen LogP contribution in [-0.2, 0) is 4.79 Å². The van der Waals surface area contributed by atoms with Gasteiger partial charge in [0, 0.05) is 19.0 Å². The Morgan fingerprint density at radius 2 is 2.23 bits per heavy atom. The number of carbonyl (C=O) groups excluding carboxylic acids is 1. The summed E-state index contributed by atoms with van der Waals surface area (Å²) in [7, 11) is 0. The summed E-state index contributed by atoms with van der Waals surface area (Å²) < 4.78 is 0. The van der Waals surface area contributed by atoms with Crippen molar-refractivity contribution < 1.29 is 4.79 Å². The van der Waals surface area contributed by atoms with E-state index in [1.807, 2.05) is 13.8 Å². The third-order valence-corrected chi connectivity index (χ3v) is 2.91. The fraction of sp³-hybridized carbons (Fsp3) is 0.727. The Morgan fingerprint density at radius 1 is 1.62 bits per heavy atom. The molecule has 0 radical (unpaired) electrons. The van der Waals surface area contributed by atoms with Gasteiger partial charge >= 0.3 is 0 Å². The first-order valence-electron chi connectivity index (χ1n) is 4.70. The second-order valence-electron chi connectivity index (χ2n) is 4.25. The molecule has 1 aliphatic heterocycles. The molecular formula is C11H17NO. The Hall–Kier alpha value is -0.810. The van der Waals surface area contributed by atoms with Gasteiger partial charge in [-0.05, 0) is 27.2 Å². The summed E-state index contributed by atoms with van der Waals surface area (Å²) in [5, 5.41) is 0. The summed E-state index contributed by atoms with van der Waals surface area (Å²) in [6.45, 7) is 7.48. The smallest absolute Gasteiger partial charge is 0.134 e. The fourth-order valence-corrected chi connectivity index (χ4v) is 1.69. The van der Waals surface area contributed by atoms with Crippen LogP contribution in [0.1, 0.15) is 27.2 Å². The predicted octanol–water partition coefficient (Wildman–Crippen LogP) is 1.31. The molecule has 0 saturated carbocycles. The molecule has 13 heavy (non-hydrogen) atoms. The molecule has 1 fully saturated rings. The summed E-state index contributed by atoms with van der Waals surface area (Å²) in [5.74, 6) is 3.25. The van der Waals surface area contributed by atoms with E-state index in [4.69, 9.17) is 6.42 Å². The number of hydrogen-bond donors (Lipinski definition) is 0. The molecule has 0 bridgehead atoms. The SMILES string of the molecule is C#CC(C)(C)N1CCC(C(C)=O)C1. The maximum Gasteiger partial charge on any atom is 0.134 e. The average molecular weight is 179 g/mol. The number of carbonyl (C=O) groups is 1. The molecule has 0 amide bonds. The number of nitrogens with zero attached hydrogens (tertiary/aromatic N) is 1. The van der Waals surface area contributed by atoms with Crippen LogP contribution in [-0.4, -0.2) is 29.3 Å². The van der Waals surface area contributed by atoms with Crippen molar-refractivity contribution in [2.45, 2.75) is 32.7 Å². The first kappa shape index (κ1) is 10.3. The van der Waals surface area contributed by atoms with Gasteiger partial charge in [-0.1, -0.05) is 5.92 Å². The van der Waals surface area contributed by atoms with Gasteiger partial charge in [-0.25, -0.2) is 0 Å². The second-order valence-corrected chi connectivity index (χ2v) is 4.25. The molecule has 0 aromatic rings. The number of hydrogen-bond acceptors (Lipinski definition) is 2. The molecule has 0 aliphatic carbocycles. The van der Waals surface area contributed by atoms with Gasteiger partial charge in [-0.3, -0.25) is 9.69 Å². The van der Waals surface area contributed by atoms with Crippen molar-refractivity contribution in [1.82, 2.24) is 4.90 Å². The van der Waals surface area contributed by atoms with Crippen molar-refractivity contribution in [2.24, 2.45) is 5.92 Å². The van der Waals surface area contributed by atoms with Crippen LogP contribution in [0.2, 0.25) is 0 Å². The van der Waals surface area contributed by atoms with Crippen LogP contribution in [0.4, 0.5) is 0 Å². The van der Waals surface area contributed by atoms with Gasteiger partial charge in [-0.2, -0.15) is 0 Å². The zero-order chi connectivity index (χ0) is 10.1. The molecule has 1 aliphatic rings. The number of ketones is 1. The predicted molar refractivity (Wildman–Crippen MR) is 53.3 cm³/mol. The van der Waals surface area contributed by atoms with Crippen LogP contribution < -0.4 is 0 Å². The van der Waals surface area contributed by atoms with E-state index in [1.165, 1.54) is 0 Å². The molecule has 0 N–H and O–H groups in total. The molecule has 0 aromatic carbocycles. The number of rotatable bonds is 2. The van der Waals surface area contributed by atoms with E-state index in [0.717, 1.165) is 19.5 Å². The van der Waals surface area contributed by atoms with Gasteiger partial charge in [0.2, 0.25) is 0 Å². The van der Waals surface area contributed by atoms with Crippen molar-refractivity contribution in [3.63, 3.8) is 0 Å². The van der Waals surface area contributed by atoms with Crippen LogP contribution >= 0.6 is 0 Å². The molecule has 2 nitrogen and oxygen atoms in total. The summed E-state index contributed by atoms with van der Waals surface area (Å²) in [6, 6.07) is 0. The Balaban J connectivity index is 2.61. The van der Waals surface area contributed by atoms with Gasteiger partial charge in [-0.15, -0.1) is 6.42 Å². The summed E-state index contributed by atoms with van der Waals surface area (Å²) in [6.07, 6.45) is 6.39. The maximum atomic E-state index is 11.1. The van der Waals surface area contributed by atoms with E-state index in [-0.39, 0.29) is 17.2 Å². The minimum absolute atomic E-state index is 0.202. The maximum absolute atomic E-state index is 11.1. The molecule has 1 unspecified atom stereocenters. The van der Waals surface area contributed by atoms with Crippen molar-refractivity contribution in [2.75, 3.05) is 13.1 Å². The Morgan fingerprint density at radius 3 is 2.62 bits per heavy atom. The van der Waals surface area contributed by atoms with Crippen molar-refractivity contribution in [3.05, 3.63) is 0 Å². The second kappa shape index (κ2) is 3.51. The van der Waals surface area contributed by atoms with Gasteiger partial charge in [0.05, 0.1) is 5.54 Å². The molecule has 1 atom stereocenters. The molecule has 72 valence electrons. The summed E-state index contributed by atoms with van der Waals surface area (Å²) >= 11 is 0. The third-order valence-electron chi connectivity index (χ3n) is 2.91. The third kappa shape index (κ3) is 2.10. The largest absolute Gasteiger partial charge is 0.300 e. The van der Waals surface area contributed by atoms with Crippen LogP contribution in [0.5, 0.6) is 0 Å². The molecule has 2 heteroatoms. The highest BCUT2D eigenvalue weighted by Crippen LogP contribution is 2.24. The Kier molecular flexibility index (Phi) is 2.77. The van der Waals surface area contributed by atoms with Gasteiger partial charge in [0.15, 0.2) is 0 Å². The highest BCUT2D eigenvalue weighted by Gasteiger charge is 2.33. The van der Waals surface area contributed by atoms with E-state index in [1.54, 1.807) is 6.92 Å². The average Bonchev–Trinajstić information content (AvgIpc) is 2.52. The fourth-order valence-electron chi connectivity index (χ4n) is 1.69.